The average molecular weight is 319 g/mol. The van der Waals surface area contributed by atoms with Crippen LogP contribution in [0.2, 0.25) is 5.02 Å². The van der Waals surface area contributed by atoms with Crippen molar-refractivity contribution in [3.05, 3.63) is 64.7 Å². The van der Waals surface area contributed by atoms with Gasteiger partial charge in [0, 0.05) is 25.2 Å². The zero-order valence-electron chi connectivity index (χ0n) is 12.7. The molecule has 0 aliphatic carbocycles. The van der Waals surface area contributed by atoms with Crippen molar-refractivity contribution in [1.82, 2.24) is 10.2 Å². The molecule has 1 N–H and O–H groups in total. The summed E-state index contributed by atoms with van der Waals surface area (Å²) < 4.78 is 5.16. The van der Waals surface area contributed by atoms with Crippen LogP contribution < -0.4 is 10.1 Å². The van der Waals surface area contributed by atoms with Gasteiger partial charge in [0.15, 0.2) is 0 Å². The minimum Gasteiger partial charge on any atom is -0.497 e. The van der Waals surface area contributed by atoms with Crippen molar-refractivity contribution in [2.75, 3.05) is 14.2 Å². The van der Waals surface area contributed by atoms with Crippen LogP contribution in [-0.2, 0) is 13.1 Å². The smallest absolute Gasteiger partial charge is 0.317 e. The molecular weight excluding hydrogens is 300 g/mol. The third-order valence-electron chi connectivity index (χ3n) is 3.23. The van der Waals surface area contributed by atoms with Crippen molar-refractivity contribution in [2.45, 2.75) is 13.1 Å². The Morgan fingerprint density at radius 1 is 1.18 bits per heavy atom. The number of rotatable bonds is 5. The first kappa shape index (κ1) is 16.2. The zero-order valence-corrected chi connectivity index (χ0v) is 13.4. The first-order valence-corrected chi connectivity index (χ1v) is 7.32. The highest BCUT2D eigenvalue weighted by molar-refractivity contribution is 6.30. The molecule has 0 aliphatic rings. The summed E-state index contributed by atoms with van der Waals surface area (Å²) in [6.07, 6.45) is 0. The van der Waals surface area contributed by atoms with Crippen molar-refractivity contribution >= 4 is 17.6 Å². The lowest BCUT2D eigenvalue weighted by Crippen LogP contribution is -2.36. The number of carbonyl (C=O) groups is 1. The first-order chi connectivity index (χ1) is 10.6. The Morgan fingerprint density at radius 3 is 2.64 bits per heavy atom. The van der Waals surface area contributed by atoms with Gasteiger partial charge in [0.25, 0.3) is 0 Å². The van der Waals surface area contributed by atoms with E-state index in [1.54, 1.807) is 19.1 Å². The molecule has 2 amide bonds. The molecule has 0 atom stereocenters. The normalized spacial score (nSPS) is 10.1. The molecule has 0 unspecified atom stereocenters. The van der Waals surface area contributed by atoms with E-state index in [9.17, 15) is 4.79 Å². The number of hydrogen-bond acceptors (Lipinski definition) is 2. The molecule has 0 aliphatic heterocycles. The molecule has 22 heavy (non-hydrogen) atoms. The van der Waals surface area contributed by atoms with Crippen LogP contribution in [0.25, 0.3) is 0 Å². The molecule has 0 fully saturated rings. The number of methoxy groups -OCH3 is 1. The van der Waals surface area contributed by atoms with Gasteiger partial charge < -0.3 is 15.0 Å². The summed E-state index contributed by atoms with van der Waals surface area (Å²) >= 11 is 5.95. The lowest BCUT2D eigenvalue weighted by Gasteiger charge is -2.18. The first-order valence-electron chi connectivity index (χ1n) is 6.95. The van der Waals surface area contributed by atoms with Gasteiger partial charge in [-0.3, -0.25) is 0 Å². The van der Waals surface area contributed by atoms with Crippen molar-refractivity contribution in [3.8, 4) is 5.75 Å². The monoisotopic (exact) mass is 318 g/mol. The van der Waals surface area contributed by atoms with Crippen molar-refractivity contribution in [1.29, 1.82) is 0 Å². The number of hydrogen-bond donors (Lipinski definition) is 1. The molecule has 2 aromatic carbocycles. The molecule has 0 spiro atoms. The number of carbonyl (C=O) groups excluding carboxylic acids is 1. The van der Waals surface area contributed by atoms with Crippen LogP contribution in [-0.4, -0.2) is 25.1 Å². The lowest BCUT2D eigenvalue weighted by atomic mass is 10.2. The van der Waals surface area contributed by atoms with E-state index in [2.05, 4.69) is 5.32 Å². The van der Waals surface area contributed by atoms with Gasteiger partial charge in [0.05, 0.1) is 7.11 Å². The predicted octanol–water partition coefficient (Wildman–Crippen LogP) is 3.69. The third kappa shape index (κ3) is 4.67. The topological polar surface area (TPSA) is 41.6 Å². The fourth-order valence-electron chi connectivity index (χ4n) is 2.08. The fourth-order valence-corrected chi connectivity index (χ4v) is 2.29. The summed E-state index contributed by atoms with van der Waals surface area (Å²) in [4.78, 5) is 13.7. The minimum atomic E-state index is -0.136. The Labute approximate surface area is 135 Å². The van der Waals surface area contributed by atoms with E-state index in [4.69, 9.17) is 16.3 Å². The van der Waals surface area contributed by atoms with Crippen LogP contribution in [0.15, 0.2) is 48.5 Å². The SMILES string of the molecule is COc1cccc(CNC(=O)N(C)Cc2cccc(Cl)c2)c1. The standard InChI is InChI=1S/C17H19ClN2O2/c1-20(12-14-6-3-7-15(18)9-14)17(21)19-11-13-5-4-8-16(10-13)22-2/h3-10H,11-12H2,1-2H3,(H,19,21). The van der Waals surface area contributed by atoms with Gasteiger partial charge >= 0.3 is 6.03 Å². The maximum Gasteiger partial charge on any atom is 0.317 e. The Bertz CT molecular complexity index is 646. The third-order valence-corrected chi connectivity index (χ3v) is 3.47. The minimum absolute atomic E-state index is 0.136. The number of ether oxygens (including phenoxy) is 1. The van der Waals surface area contributed by atoms with Gasteiger partial charge in [-0.1, -0.05) is 35.9 Å². The van der Waals surface area contributed by atoms with Gasteiger partial charge in [-0.05, 0) is 35.4 Å². The molecule has 0 saturated heterocycles. The number of benzene rings is 2. The van der Waals surface area contributed by atoms with E-state index >= 15 is 0 Å². The van der Waals surface area contributed by atoms with E-state index in [-0.39, 0.29) is 6.03 Å². The highest BCUT2D eigenvalue weighted by Gasteiger charge is 2.09. The molecule has 0 bridgehead atoms. The van der Waals surface area contributed by atoms with E-state index < -0.39 is 0 Å². The zero-order chi connectivity index (χ0) is 15.9. The molecule has 0 heterocycles. The van der Waals surface area contributed by atoms with E-state index in [1.807, 2.05) is 48.5 Å². The van der Waals surface area contributed by atoms with Gasteiger partial charge in [-0.15, -0.1) is 0 Å². The van der Waals surface area contributed by atoms with E-state index in [1.165, 1.54) is 0 Å². The Kier molecular flexibility index (Phi) is 5.67. The van der Waals surface area contributed by atoms with Crippen LogP contribution in [0.3, 0.4) is 0 Å². The van der Waals surface area contributed by atoms with Gasteiger partial charge in [0.2, 0.25) is 0 Å². The second kappa shape index (κ2) is 7.71. The number of amides is 2. The number of nitrogens with one attached hydrogen (secondary N) is 1. The molecule has 0 aromatic heterocycles. The second-order valence-corrected chi connectivity index (χ2v) is 5.43. The van der Waals surface area contributed by atoms with Crippen LogP contribution in [0.5, 0.6) is 5.75 Å². The van der Waals surface area contributed by atoms with E-state index in [0.717, 1.165) is 16.9 Å². The van der Waals surface area contributed by atoms with E-state index in [0.29, 0.717) is 18.1 Å². The Morgan fingerprint density at radius 2 is 1.91 bits per heavy atom. The van der Waals surface area contributed by atoms with Gasteiger partial charge in [0.1, 0.15) is 5.75 Å². The van der Waals surface area contributed by atoms with Crippen molar-refractivity contribution in [3.63, 3.8) is 0 Å². The summed E-state index contributed by atoms with van der Waals surface area (Å²) in [6, 6.07) is 15.0. The largest absolute Gasteiger partial charge is 0.497 e. The van der Waals surface area contributed by atoms with Gasteiger partial charge in [-0.2, -0.15) is 0 Å². The van der Waals surface area contributed by atoms with Crippen LogP contribution in [0.4, 0.5) is 4.79 Å². The summed E-state index contributed by atoms with van der Waals surface area (Å²) in [7, 11) is 3.37. The second-order valence-electron chi connectivity index (χ2n) is 5.00. The van der Waals surface area contributed by atoms with Crippen molar-refractivity contribution in [2.24, 2.45) is 0 Å². The maximum atomic E-state index is 12.1. The lowest BCUT2D eigenvalue weighted by molar-refractivity contribution is 0.206. The fraction of sp³-hybridized carbons (Fsp3) is 0.235. The molecule has 4 nitrogen and oxygen atoms in total. The highest BCUT2D eigenvalue weighted by Crippen LogP contribution is 2.13. The summed E-state index contributed by atoms with van der Waals surface area (Å²) in [5, 5.41) is 3.55. The quantitative estimate of drug-likeness (QED) is 0.913. The highest BCUT2D eigenvalue weighted by atomic mass is 35.5. The van der Waals surface area contributed by atoms with Gasteiger partial charge in [-0.25, -0.2) is 4.79 Å². The predicted molar refractivity (Wildman–Crippen MR) is 88.1 cm³/mol. The van der Waals surface area contributed by atoms with Crippen LogP contribution in [0.1, 0.15) is 11.1 Å². The number of urea groups is 1. The molecule has 5 heteroatoms. The summed E-state index contributed by atoms with van der Waals surface area (Å²) in [6.45, 7) is 0.959. The average Bonchev–Trinajstić information content (AvgIpc) is 2.52. The van der Waals surface area contributed by atoms with Crippen LogP contribution >= 0.6 is 11.6 Å². The number of nitrogens with zero attached hydrogens (tertiary/aromatic N) is 1. The summed E-state index contributed by atoms with van der Waals surface area (Å²) in [5.41, 5.74) is 1.98. The number of halogens is 1. The Hall–Kier alpha value is -2.20. The molecule has 2 rings (SSSR count). The van der Waals surface area contributed by atoms with Crippen LogP contribution in [0, 0.1) is 0 Å². The molecule has 2 aromatic rings. The molecular formula is C17H19ClN2O2. The maximum absolute atomic E-state index is 12.1. The molecule has 0 radical (unpaired) electrons. The Balaban J connectivity index is 1.88. The molecule has 0 saturated carbocycles. The van der Waals surface area contributed by atoms with Crippen molar-refractivity contribution < 1.29 is 9.53 Å². The summed E-state index contributed by atoms with van der Waals surface area (Å²) in [5.74, 6) is 0.777. The molecule has 116 valence electrons.